The Morgan fingerprint density at radius 1 is 1.37 bits per heavy atom. The fraction of sp³-hybridized carbons (Fsp3) is 0.524. The Labute approximate surface area is 185 Å². The summed E-state index contributed by atoms with van der Waals surface area (Å²) in [7, 11) is 0. The Kier molecular flexibility index (Phi) is 7.41. The second-order valence-corrected chi connectivity index (χ2v) is 10.00. The van der Waals surface area contributed by atoms with E-state index in [9.17, 15) is 9.18 Å². The van der Waals surface area contributed by atoms with Gasteiger partial charge in [0.15, 0.2) is 16.0 Å². The summed E-state index contributed by atoms with van der Waals surface area (Å²) in [6.45, 7) is 7.76. The lowest BCUT2D eigenvalue weighted by molar-refractivity contribution is 0.0164. The predicted molar refractivity (Wildman–Crippen MR) is 117 cm³/mol. The normalized spacial score (nSPS) is 15.2. The number of ether oxygens (including phenoxy) is 2. The average molecular weight is 456 g/mol. The summed E-state index contributed by atoms with van der Waals surface area (Å²) < 4.78 is 26.0. The largest absolute Gasteiger partial charge is 0.490 e. The van der Waals surface area contributed by atoms with Gasteiger partial charge >= 0.3 is 6.09 Å². The monoisotopic (exact) mass is 455 g/mol. The van der Waals surface area contributed by atoms with E-state index in [1.54, 1.807) is 23.2 Å². The number of aromatic nitrogens is 1. The third kappa shape index (κ3) is 6.74. The molecule has 6 nitrogen and oxygen atoms in total. The number of hydrogen-bond donors (Lipinski definition) is 1. The van der Waals surface area contributed by atoms with Crippen LogP contribution < -0.4 is 10.1 Å². The second kappa shape index (κ2) is 9.83. The fourth-order valence-electron chi connectivity index (χ4n) is 3.10. The lowest BCUT2D eigenvalue weighted by atomic mass is 9.98. The number of nitrogens with zero attached hydrogens (tertiary/aromatic N) is 2. The number of likely N-dealkylation sites (tertiary alicyclic amines) is 1. The van der Waals surface area contributed by atoms with Crippen molar-refractivity contribution in [2.45, 2.75) is 45.8 Å². The highest BCUT2D eigenvalue weighted by Gasteiger charge is 2.27. The van der Waals surface area contributed by atoms with Gasteiger partial charge in [-0.25, -0.2) is 14.2 Å². The molecule has 0 unspecified atom stereocenters. The number of amides is 1. The van der Waals surface area contributed by atoms with Gasteiger partial charge in [-0.3, -0.25) is 0 Å². The summed E-state index contributed by atoms with van der Waals surface area (Å²) in [5.41, 5.74) is 0.165. The number of anilines is 1. The fourth-order valence-corrected chi connectivity index (χ4v) is 4.02. The first-order valence-corrected chi connectivity index (χ1v) is 11.1. The molecule has 2 heterocycles. The van der Waals surface area contributed by atoms with E-state index >= 15 is 0 Å². The zero-order valence-electron chi connectivity index (χ0n) is 17.4. The summed E-state index contributed by atoms with van der Waals surface area (Å²) in [4.78, 5) is 18.8. The van der Waals surface area contributed by atoms with Crippen LogP contribution in [0.1, 0.15) is 38.5 Å². The molecule has 0 bridgehead atoms. The topological polar surface area (TPSA) is 63.7 Å². The van der Waals surface area contributed by atoms with Crippen LogP contribution in [0.25, 0.3) is 0 Å². The first kappa shape index (κ1) is 22.6. The molecule has 1 N–H and O–H groups in total. The van der Waals surface area contributed by atoms with Crippen molar-refractivity contribution in [3.05, 3.63) is 39.6 Å². The van der Waals surface area contributed by atoms with Gasteiger partial charge in [-0.2, -0.15) is 0 Å². The van der Waals surface area contributed by atoms with Crippen LogP contribution in [0, 0.1) is 11.7 Å². The van der Waals surface area contributed by atoms with Crippen molar-refractivity contribution in [3.8, 4) is 5.75 Å². The number of rotatable bonds is 6. The van der Waals surface area contributed by atoms with Crippen molar-refractivity contribution in [2.75, 3.05) is 25.0 Å². The molecular formula is C21H27ClFN3O3S. The number of halogens is 2. The minimum atomic E-state index is -0.497. The Morgan fingerprint density at radius 2 is 2.10 bits per heavy atom. The molecule has 3 rings (SSSR count). The Hall–Kier alpha value is -2.06. The molecule has 164 valence electrons. The maximum atomic E-state index is 14.4. The molecule has 0 aliphatic carbocycles. The maximum Gasteiger partial charge on any atom is 0.410 e. The molecule has 9 heteroatoms. The highest BCUT2D eigenvalue weighted by atomic mass is 35.5. The van der Waals surface area contributed by atoms with Gasteiger partial charge in [0.05, 0.1) is 13.2 Å². The van der Waals surface area contributed by atoms with Gasteiger partial charge < -0.3 is 19.7 Å². The van der Waals surface area contributed by atoms with E-state index < -0.39 is 11.4 Å². The van der Waals surface area contributed by atoms with Crippen molar-refractivity contribution in [1.82, 2.24) is 9.88 Å². The summed E-state index contributed by atoms with van der Waals surface area (Å²) in [5.74, 6) is 0.0986. The molecule has 1 amide bonds. The van der Waals surface area contributed by atoms with E-state index in [1.807, 2.05) is 20.8 Å². The minimum Gasteiger partial charge on any atom is -0.490 e. The van der Waals surface area contributed by atoms with Crippen molar-refractivity contribution < 1.29 is 18.7 Å². The van der Waals surface area contributed by atoms with Crippen molar-refractivity contribution in [1.29, 1.82) is 0 Å². The molecule has 1 aliphatic rings. The van der Waals surface area contributed by atoms with Crippen LogP contribution in [0.2, 0.25) is 4.47 Å². The highest BCUT2D eigenvalue weighted by molar-refractivity contribution is 7.15. The van der Waals surface area contributed by atoms with Crippen LogP contribution in [-0.2, 0) is 11.3 Å². The Morgan fingerprint density at radius 3 is 2.70 bits per heavy atom. The molecule has 1 aromatic heterocycles. The molecular weight excluding hydrogens is 429 g/mol. The molecule has 0 radical (unpaired) electrons. The van der Waals surface area contributed by atoms with Gasteiger partial charge in [-0.1, -0.05) is 11.6 Å². The maximum absolute atomic E-state index is 14.4. The first-order valence-electron chi connectivity index (χ1n) is 9.94. The number of nitrogens with one attached hydrogen (secondary N) is 1. The number of benzene rings is 1. The van der Waals surface area contributed by atoms with Crippen LogP contribution >= 0.6 is 22.9 Å². The zero-order valence-corrected chi connectivity index (χ0v) is 19.0. The van der Waals surface area contributed by atoms with E-state index in [1.165, 1.54) is 17.4 Å². The highest BCUT2D eigenvalue weighted by Crippen LogP contribution is 2.25. The van der Waals surface area contributed by atoms with Crippen LogP contribution in [0.3, 0.4) is 0 Å². The molecule has 1 aromatic carbocycles. The second-order valence-electron chi connectivity index (χ2n) is 8.30. The average Bonchev–Trinajstić information content (AvgIpc) is 3.10. The van der Waals surface area contributed by atoms with E-state index in [4.69, 9.17) is 21.1 Å². The third-order valence-electron chi connectivity index (χ3n) is 4.66. The summed E-state index contributed by atoms with van der Waals surface area (Å²) >= 11 is 7.20. The number of piperidine rings is 1. The molecule has 30 heavy (non-hydrogen) atoms. The molecule has 2 aromatic rings. The molecule has 1 aliphatic heterocycles. The number of thiazole rings is 1. The summed E-state index contributed by atoms with van der Waals surface area (Å²) in [6, 6.07) is 4.84. The van der Waals surface area contributed by atoms with Crippen LogP contribution in [0.5, 0.6) is 5.75 Å². The molecule has 1 saturated heterocycles. The van der Waals surface area contributed by atoms with E-state index in [0.29, 0.717) is 36.4 Å². The van der Waals surface area contributed by atoms with Crippen molar-refractivity contribution >= 4 is 34.7 Å². The summed E-state index contributed by atoms with van der Waals surface area (Å²) in [6.07, 6.45) is 3.02. The van der Waals surface area contributed by atoms with E-state index in [0.717, 1.165) is 17.7 Å². The quantitative estimate of drug-likeness (QED) is 0.616. The molecule has 0 spiro atoms. The van der Waals surface area contributed by atoms with Crippen LogP contribution in [0.15, 0.2) is 24.4 Å². The predicted octanol–water partition coefficient (Wildman–Crippen LogP) is 5.57. The van der Waals surface area contributed by atoms with Gasteiger partial charge in [-0.05, 0) is 51.7 Å². The van der Waals surface area contributed by atoms with E-state index in [-0.39, 0.29) is 17.8 Å². The minimum absolute atomic E-state index is 0.232. The third-order valence-corrected chi connectivity index (χ3v) is 5.78. The SMILES string of the molecule is CC(C)(C)OC(=O)N1CCC(COc2ccc(NCc3cnc(Cl)s3)cc2F)CC1. The lowest BCUT2D eigenvalue weighted by Gasteiger charge is -2.33. The number of hydrogen-bond acceptors (Lipinski definition) is 6. The van der Waals surface area contributed by atoms with Gasteiger partial charge in [0, 0.05) is 35.9 Å². The first-order chi connectivity index (χ1) is 14.2. The van der Waals surface area contributed by atoms with Gasteiger partial charge in [0.25, 0.3) is 0 Å². The van der Waals surface area contributed by atoms with Crippen LogP contribution in [0.4, 0.5) is 14.9 Å². The standard InChI is InChI=1S/C21H27ClFN3O3S/c1-21(2,3)29-20(27)26-8-6-14(7-9-26)13-28-18-5-4-15(10-17(18)23)24-11-16-12-25-19(22)30-16/h4-5,10,12,14,24H,6-9,11,13H2,1-3H3. The van der Waals surface area contributed by atoms with Gasteiger partial charge in [0.2, 0.25) is 0 Å². The Bertz CT molecular complexity index is 863. The Balaban J connectivity index is 1.43. The lowest BCUT2D eigenvalue weighted by Crippen LogP contribution is -2.42. The van der Waals surface area contributed by atoms with Crippen LogP contribution in [-0.4, -0.2) is 41.3 Å². The van der Waals surface area contributed by atoms with E-state index in [2.05, 4.69) is 10.3 Å². The molecule has 0 atom stereocenters. The zero-order chi connectivity index (χ0) is 21.7. The van der Waals surface area contributed by atoms with Gasteiger partial charge in [-0.15, -0.1) is 11.3 Å². The van der Waals surface area contributed by atoms with Crippen molar-refractivity contribution in [2.24, 2.45) is 5.92 Å². The molecule has 0 saturated carbocycles. The summed E-state index contributed by atoms with van der Waals surface area (Å²) in [5, 5.41) is 3.15. The number of carbonyl (C=O) groups excluding carboxylic acids is 1. The smallest absolute Gasteiger partial charge is 0.410 e. The van der Waals surface area contributed by atoms with Gasteiger partial charge in [0.1, 0.15) is 5.60 Å². The van der Waals surface area contributed by atoms with Crippen molar-refractivity contribution in [3.63, 3.8) is 0 Å². The molecule has 1 fully saturated rings. The number of carbonyl (C=O) groups is 1.